The highest BCUT2D eigenvalue weighted by Crippen LogP contribution is 2.20. The van der Waals surface area contributed by atoms with E-state index in [2.05, 4.69) is 28.8 Å². The number of aromatic nitrogens is 1. The van der Waals surface area contributed by atoms with Crippen molar-refractivity contribution in [2.45, 2.75) is 25.9 Å². The van der Waals surface area contributed by atoms with Crippen LogP contribution in [-0.4, -0.2) is 47.5 Å². The highest BCUT2D eigenvalue weighted by molar-refractivity contribution is 5.76. The Morgan fingerprint density at radius 2 is 2.25 bits per heavy atom. The monoisotopic (exact) mass is 274 g/mol. The first-order chi connectivity index (χ1) is 9.61. The first kappa shape index (κ1) is 13.4. The smallest absolute Gasteiger partial charge is 0.209 e. The van der Waals surface area contributed by atoms with Gasteiger partial charge in [0.05, 0.1) is 6.54 Å². The maximum atomic E-state index is 5.82. The Kier molecular flexibility index (Phi) is 3.63. The lowest BCUT2D eigenvalue weighted by Gasteiger charge is -2.26. The van der Waals surface area contributed by atoms with Crippen molar-refractivity contribution in [1.29, 1.82) is 0 Å². The van der Waals surface area contributed by atoms with E-state index in [0.717, 1.165) is 48.9 Å². The third-order valence-corrected chi connectivity index (χ3v) is 3.98. The maximum absolute atomic E-state index is 5.82. The van der Waals surface area contributed by atoms with Gasteiger partial charge in [-0.25, -0.2) is 4.98 Å². The fourth-order valence-corrected chi connectivity index (χ4v) is 2.89. The molecule has 0 radical (unpaired) electrons. The zero-order chi connectivity index (χ0) is 14.1. The SMILES string of the molecule is CC1CN(C)CCCN1Cc1nc2cc(N)ccc2o1. The van der Waals surface area contributed by atoms with Crippen LogP contribution in [0.25, 0.3) is 11.1 Å². The number of nitrogens with zero attached hydrogens (tertiary/aromatic N) is 3. The molecule has 0 spiro atoms. The van der Waals surface area contributed by atoms with Crippen LogP contribution in [0.4, 0.5) is 5.69 Å². The van der Waals surface area contributed by atoms with Crippen LogP contribution in [0.1, 0.15) is 19.2 Å². The van der Waals surface area contributed by atoms with E-state index in [1.165, 1.54) is 6.42 Å². The van der Waals surface area contributed by atoms with Gasteiger partial charge in [-0.15, -0.1) is 0 Å². The van der Waals surface area contributed by atoms with Crippen LogP contribution in [0.5, 0.6) is 0 Å². The second kappa shape index (κ2) is 5.42. The van der Waals surface area contributed by atoms with Crippen LogP contribution in [0, 0.1) is 0 Å². The van der Waals surface area contributed by atoms with Gasteiger partial charge < -0.3 is 15.1 Å². The summed E-state index contributed by atoms with van der Waals surface area (Å²) in [7, 11) is 2.18. The van der Waals surface area contributed by atoms with Gasteiger partial charge in [-0.1, -0.05) is 0 Å². The molecule has 2 heterocycles. The number of hydrogen-bond donors (Lipinski definition) is 1. The Bertz CT molecular complexity index is 595. The van der Waals surface area contributed by atoms with Gasteiger partial charge in [-0.05, 0) is 45.1 Å². The van der Waals surface area contributed by atoms with E-state index in [-0.39, 0.29) is 0 Å². The van der Waals surface area contributed by atoms with Crippen LogP contribution in [-0.2, 0) is 6.54 Å². The second-order valence-electron chi connectivity index (χ2n) is 5.77. The molecule has 0 aliphatic carbocycles. The van der Waals surface area contributed by atoms with Gasteiger partial charge in [0.25, 0.3) is 0 Å². The van der Waals surface area contributed by atoms with E-state index in [4.69, 9.17) is 10.2 Å². The molecule has 1 aliphatic heterocycles. The largest absolute Gasteiger partial charge is 0.439 e. The van der Waals surface area contributed by atoms with E-state index >= 15 is 0 Å². The minimum absolute atomic E-state index is 0.516. The number of fused-ring (bicyclic) bond motifs is 1. The molecule has 1 atom stereocenters. The maximum Gasteiger partial charge on any atom is 0.209 e. The summed E-state index contributed by atoms with van der Waals surface area (Å²) in [5.41, 5.74) is 8.16. The minimum atomic E-state index is 0.516. The van der Waals surface area contributed by atoms with Gasteiger partial charge in [0.2, 0.25) is 5.89 Å². The number of oxazole rings is 1. The van der Waals surface area contributed by atoms with E-state index < -0.39 is 0 Å². The summed E-state index contributed by atoms with van der Waals surface area (Å²) >= 11 is 0. The zero-order valence-electron chi connectivity index (χ0n) is 12.2. The standard InChI is InChI=1S/C15H22N4O/c1-11-9-18(2)6-3-7-19(11)10-15-17-13-8-12(16)4-5-14(13)20-15/h4-5,8,11H,3,6-7,9-10,16H2,1-2H3. The summed E-state index contributed by atoms with van der Waals surface area (Å²) in [6.45, 7) is 6.37. The molecule has 1 saturated heterocycles. The normalized spacial score (nSPS) is 22.2. The molecule has 1 aliphatic rings. The summed E-state index contributed by atoms with van der Waals surface area (Å²) < 4.78 is 5.82. The van der Waals surface area contributed by atoms with Crippen molar-refractivity contribution in [2.24, 2.45) is 0 Å². The molecule has 0 amide bonds. The molecule has 108 valence electrons. The number of rotatable bonds is 2. The van der Waals surface area contributed by atoms with E-state index in [1.54, 1.807) is 0 Å². The lowest BCUT2D eigenvalue weighted by Crippen LogP contribution is -2.37. The van der Waals surface area contributed by atoms with Crippen molar-refractivity contribution in [3.8, 4) is 0 Å². The fourth-order valence-electron chi connectivity index (χ4n) is 2.89. The molecule has 3 rings (SSSR count). The van der Waals surface area contributed by atoms with Gasteiger partial charge in [-0.2, -0.15) is 0 Å². The third kappa shape index (κ3) is 2.78. The van der Waals surface area contributed by atoms with E-state index in [1.807, 2.05) is 18.2 Å². The summed E-state index contributed by atoms with van der Waals surface area (Å²) in [6.07, 6.45) is 1.19. The van der Waals surface area contributed by atoms with Gasteiger partial charge >= 0.3 is 0 Å². The first-order valence-electron chi connectivity index (χ1n) is 7.19. The Balaban J connectivity index is 1.78. The Morgan fingerprint density at radius 3 is 3.10 bits per heavy atom. The number of hydrogen-bond acceptors (Lipinski definition) is 5. The van der Waals surface area contributed by atoms with Crippen molar-refractivity contribution >= 4 is 16.8 Å². The highest BCUT2D eigenvalue weighted by Gasteiger charge is 2.21. The van der Waals surface area contributed by atoms with Gasteiger partial charge in [0.1, 0.15) is 5.52 Å². The van der Waals surface area contributed by atoms with Crippen molar-refractivity contribution in [1.82, 2.24) is 14.8 Å². The number of anilines is 1. The van der Waals surface area contributed by atoms with Crippen LogP contribution in [0.2, 0.25) is 0 Å². The van der Waals surface area contributed by atoms with Gasteiger partial charge in [0, 0.05) is 24.8 Å². The summed E-state index contributed by atoms with van der Waals surface area (Å²) in [6, 6.07) is 6.12. The molecule has 2 aromatic rings. The molecular weight excluding hydrogens is 252 g/mol. The average Bonchev–Trinajstić information content (AvgIpc) is 2.71. The van der Waals surface area contributed by atoms with Crippen LogP contribution < -0.4 is 5.73 Å². The summed E-state index contributed by atoms with van der Waals surface area (Å²) in [5.74, 6) is 0.780. The Morgan fingerprint density at radius 1 is 1.40 bits per heavy atom. The highest BCUT2D eigenvalue weighted by atomic mass is 16.3. The number of nitrogens with two attached hydrogens (primary N) is 1. The Hall–Kier alpha value is -1.59. The molecule has 1 aromatic carbocycles. The second-order valence-corrected chi connectivity index (χ2v) is 5.77. The molecule has 1 aromatic heterocycles. The summed E-state index contributed by atoms with van der Waals surface area (Å²) in [4.78, 5) is 9.38. The molecular formula is C15H22N4O. The molecule has 5 nitrogen and oxygen atoms in total. The predicted octanol–water partition coefficient (Wildman–Crippen LogP) is 1.94. The first-order valence-corrected chi connectivity index (χ1v) is 7.19. The molecule has 1 unspecified atom stereocenters. The van der Waals surface area contributed by atoms with E-state index in [9.17, 15) is 0 Å². The number of nitrogen functional groups attached to an aromatic ring is 1. The minimum Gasteiger partial charge on any atom is -0.439 e. The van der Waals surface area contributed by atoms with Crippen molar-refractivity contribution in [3.05, 3.63) is 24.1 Å². The van der Waals surface area contributed by atoms with E-state index in [0.29, 0.717) is 6.04 Å². The lowest BCUT2D eigenvalue weighted by molar-refractivity contribution is 0.180. The quantitative estimate of drug-likeness (QED) is 0.848. The molecule has 20 heavy (non-hydrogen) atoms. The van der Waals surface area contributed by atoms with Crippen molar-refractivity contribution < 1.29 is 4.42 Å². The third-order valence-electron chi connectivity index (χ3n) is 3.98. The van der Waals surface area contributed by atoms with Gasteiger partial charge in [0.15, 0.2) is 5.58 Å². The number of likely N-dealkylation sites (N-methyl/N-ethyl adjacent to an activating group) is 1. The predicted molar refractivity (Wildman–Crippen MR) is 80.4 cm³/mol. The topological polar surface area (TPSA) is 58.5 Å². The van der Waals surface area contributed by atoms with Crippen molar-refractivity contribution in [3.63, 3.8) is 0 Å². The zero-order valence-corrected chi connectivity index (χ0v) is 12.2. The molecule has 2 N–H and O–H groups in total. The van der Waals surface area contributed by atoms with Crippen LogP contribution >= 0.6 is 0 Å². The molecule has 0 bridgehead atoms. The van der Waals surface area contributed by atoms with Crippen LogP contribution in [0.15, 0.2) is 22.6 Å². The number of benzene rings is 1. The van der Waals surface area contributed by atoms with Gasteiger partial charge in [-0.3, -0.25) is 4.90 Å². The molecule has 0 saturated carbocycles. The van der Waals surface area contributed by atoms with Crippen LogP contribution in [0.3, 0.4) is 0 Å². The molecule has 5 heteroatoms. The Labute approximate surface area is 119 Å². The average molecular weight is 274 g/mol. The fraction of sp³-hybridized carbons (Fsp3) is 0.533. The summed E-state index contributed by atoms with van der Waals surface area (Å²) in [5, 5.41) is 0. The van der Waals surface area contributed by atoms with Crippen molar-refractivity contribution in [2.75, 3.05) is 32.4 Å². The lowest BCUT2D eigenvalue weighted by atomic mass is 10.2. The molecule has 1 fully saturated rings.